The largest absolute Gasteiger partial charge is 0.260 e. The fourth-order valence-corrected chi connectivity index (χ4v) is 3.29. The predicted molar refractivity (Wildman–Crippen MR) is 62.0 cm³/mol. The highest BCUT2D eigenvalue weighted by atomic mass is 79.9. The Morgan fingerprint density at radius 1 is 1.40 bits per heavy atom. The lowest BCUT2D eigenvalue weighted by molar-refractivity contribution is 0.750. The SMILES string of the molecule is Brc1nnc(C2CCc3cccnc32)s1. The molecule has 5 heteroatoms. The first-order valence-electron chi connectivity index (χ1n) is 4.77. The highest BCUT2D eigenvalue weighted by Gasteiger charge is 2.27. The normalized spacial score (nSPS) is 19.1. The number of hydrogen-bond donors (Lipinski definition) is 0. The molecule has 1 unspecified atom stereocenters. The summed E-state index contributed by atoms with van der Waals surface area (Å²) in [4.78, 5) is 4.45. The van der Waals surface area contributed by atoms with Gasteiger partial charge in [0.25, 0.3) is 0 Å². The van der Waals surface area contributed by atoms with Crippen LogP contribution in [0.1, 0.15) is 28.6 Å². The zero-order valence-corrected chi connectivity index (χ0v) is 10.3. The molecule has 0 saturated carbocycles. The molecule has 0 aliphatic heterocycles. The molecule has 0 saturated heterocycles. The van der Waals surface area contributed by atoms with E-state index < -0.39 is 0 Å². The number of pyridine rings is 1. The highest BCUT2D eigenvalue weighted by Crippen LogP contribution is 2.38. The summed E-state index contributed by atoms with van der Waals surface area (Å²) in [5.41, 5.74) is 2.54. The molecule has 0 radical (unpaired) electrons. The zero-order valence-electron chi connectivity index (χ0n) is 7.85. The van der Waals surface area contributed by atoms with Crippen LogP contribution in [0.2, 0.25) is 0 Å². The van der Waals surface area contributed by atoms with Crippen LogP contribution >= 0.6 is 27.3 Å². The van der Waals surface area contributed by atoms with E-state index in [9.17, 15) is 0 Å². The summed E-state index contributed by atoms with van der Waals surface area (Å²) in [6.45, 7) is 0. The van der Waals surface area contributed by atoms with Crippen molar-refractivity contribution in [2.24, 2.45) is 0 Å². The summed E-state index contributed by atoms with van der Waals surface area (Å²) in [6.07, 6.45) is 4.06. The lowest BCUT2D eigenvalue weighted by atomic mass is 10.1. The molecular formula is C10H8BrN3S. The fraction of sp³-hybridized carbons (Fsp3) is 0.300. The van der Waals surface area contributed by atoms with Crippen LogP contribution in [0.5, 0.6) is 0 Å². The van der Waals surface area contributed by atoms with Crippen molar-refractivity contribution in [1.82, 2.24) is 15.2 Å². The molecular weight excluding hydrogens is 274 g/mol. The molecule has 1 atom stereocenters. The topological polar surface area (TPSA) is 38.7 Å². The van der Waals surface area contributed by atoms with Gasteiger partial charge in [0.05, 0.1) is 11.6 Å². The third-order valence-electron chi connectivity index (χ3n) is 2.67. The first-order chi connectivity index (χ1) is 7.34. The first kappa shape index (κ1) is 9.42. The number of hydrogen-bond acceptors (Lipinski definition) is 4. The maximum Gasteiger partial charge on any atom is 0.183 e. The van der Waals surface area contributed by atoms with Crippen molar-refractivity contribution in [1.29, 1.82) is 0 Å². The van der Waals surface area contributed by atoms with Crippen molar-refractivity contribution in [3.8, 4) is 0 Å². The van der Waals surface area contributed by atoms with E-state index in [0.29, 0.717) is 5.92 Å². The van der Waals surface area contributed by atoms with Gasteiger partial charge in [-0.15, -0.1) is 10.2 Å². The van der Waals surface area contributed by atoms with E-state index in [-0.39, 0.29) is 0 Å². The minimum Gasteiger partial charge on any atom is -0.260 e. The third kappa shape index (κ3) is 1.59. The van der Waals surface area contributed by atoms with E-state index in [4.69, 9.17) is 0 Å². The Labute approximate surface area is 99.7 Å². The van der Waals surface area contributed by atoms with Crippen LogP contribution in [0.25, 0.3) is 0 Å². The number of rotatable bonds is 1. The smallest absolute Gasteiger partial charge is 0.183 e. The van der Waals surface area contributed by atoms with Gasteiger partial charge in [0.2, 0.25) is 0 Å². The molecule has 1 aliphatic carbocycles. The zero-order chi connectivity index (χ0) is 10.3. The molecule has 2 heterocycles. The van der Waals surface area contributed by atoms with Crippen LogP contribution in [0, 0.1) is 0 Å². The molecule has 0 N–H and O–H groups in total. The molecule has 2 aromatic heterocycles. The van der Waals surface area contributed by atoms with Crippen molar-refractivity contribution in [3.05, 3.63) is 38.5 Å². The molecule has 0 bridgehead atoms. The number of aryl methyl sites for hydroxylation is 1. The van der Waals surface area contributed by atoms with E-state index in [1.807, 2.05) is 12.3 Å². The van der Waals surface area contributed by atoms with Gasteiger partial charge < -0.3 is 0 Å². The summed E-state index contributed by atoms with van der Waals surface area (Å²) in [7, 11) is 0. The van der Waals surface area contributed by atoms with Gasteiger partial charge in [-0.2, -0.15) is 0 Å². The molecule has 0 spiro atoms. The predicted octanol–water partition coefficient (Wildman–Crippen LogP) is 2.77. The maximum absolute atomic E-state index is 4.45. The minimum atomic E-state index is 0.352. The summed E-state index contributed by atoms with van der Waals surface area (Å²) < 4.78 is 0.849. The molecule has 76 valence electrons. The Balaban J connectivity index is 2.04. The quantitative estimate of drug-likeness (QED) is 0.807. The van der Waals surface area contributed by atoms with Gasteiger partial charge in [0, 0.05) is 6.20 Å². The molecule has 0 fully saturated rings. The van der Waals surface area contributed by atoms with Gasteiger partial charge >= 0.3 is 0 Å². The maximum atomic E-state index is 4.45. The van der Waals surface area contributed by atoms with Gasteiger partial charge in [-0.1, -0.05) is 17.4 Å². The summed E-state index contributed by atoms with van der Waals surface area (Å²) in [6, 6.07) is 4.15. The van der Waals surface area contributed by atoms with Crippen LogP contribution in [-0.4, -0.2) is 15.2 Å². The van der Waals surface area contributed by atoms with Gasteiger partial charge in [0.15, 0.2) is 3.92 Å². The Hall–Kier alpha value is -0.810. The van der Waals surface area contributed by atoms with Crippen LogP contribution in [0.3, 0.4) is 0 Å². The third-order valence-corrected chi connectivity index (χ3v) is 4.14. The minimum absolute atomic E-state index is 0.352. The van der Waals surface area contributed by atoms with Gasteiger partial charge in [0.1, 0.15) is 5.01 Å². The van der Waals surface area contributed by atoms with Crippen molar-refractivity contribution >= 4 is 27.3 Å². The van der Waals surface area contributed by atoms with Crippen molar-refractivity contribution in [3.63, 3.8) is 0 Å². The van der Waals surface area contributed by atoms with E-state index in [1.165, 1.54) is 11.3 Å². The summed E-state index contributed by atoms with van der Waals surface area (Å²) in [5, 5.41) is 9.24. The van der Waals surface area contributed by atoms with Crippen LogP contribution in [0.4, 0.5) is 0 Å². The van der Waals surface area contributed by atoms with Gasteiger partial charge in [-0.3, -0.25) is 4.98 Å². The summed E-state index contributed by atoms with van der Waals surface area (Å²) in [5.74, 6) is 0.352. The number of halogens is 1. The van der Waals surface area contributed by atoms with E-state index in [1.54, 1.807) is 11.3 Å². The van der Waals surface area contributed by atoms with Crippen molar-refractivity contribution in [2.45, 2.75) is 18.8 Å². The van der Waals surface area contributed by atoms with E-state index in [0.717, 1.165) is 21.8 Å². The highest BCUT2D eigenvalue weighted by molar-refractivity contribution is 9.11. The second-order valence-corrected chi connectivity index (χ2v) is 5.82. The van der Waals surface area contributed by atoms with Crippen LogP contribution in [-0.2, 0) is 6.42 Å². The lowest BCUT2D eigenvalue weighted by Gasteiger charge is -2.04. The van der Waals surface area contributed by atoms with E-state index in [2.05, 4.69) is 37.2 Å². The van der Waals surface area contributed by atoms with Crippen molar-refractivity contribution in [2.75, 3.05) is 0 Å². The molecule has 0 amide bonds. The molecule has 3 rings (SSSR count). The van der Waals surface area contributed by atoms with E-state index >= 15 is 0 Å². The molecule has 0 aromatic carbocycles. The first-order valence-corrected chi connectivity index (χ1v) is 6.38. The average molecular weight is 282 g/mol. The second-order valence-electron chi connectivity index (χ2n) is 3.53. The van der Waals surface area contributed by atoms with Gasteiger partial charge in [-0.05, 0) is 40.4 Å². The Kier molecular flexibility index (Phi) is 2.29. The Bertz CT molecular complexity index is 497. The second kappa shape index (κ2) is 3.64. The monoisotopic (exact) mass is 281 g/mol. The average Bonchev–Trinajstić information content (AvgIpc) is 2.83. The number of fused-ring (bicyclic) bond motifs is 1. The van der Waals surface area contributed by atoms with Gasteiger partial charge in [-0.25, -0.2) is 0 Å². The fourth-order valence-electron chi connectivity index (χ4n) is 2.01. The molecule has 3 nitrogen and oxygen atoms in total. The number of aromatic nitrogens is 3. The van der Waals surface area contributed by atoms with Crippen molar-refractivity contribution < 1.29 is 0 Å². The van der Waals surface area contributed by atoms with Crippen LogP contribution in [0.15, 0.2) is 22.2 Å². The molecule has 2 aromatic rings. The summed E-state index contributed by atoms with van der Waals surface area (Å²) >= 11 is 4.95. The lowest BCUT2D eigenvalue weighted by Crippen LogP contribution is -1.97. The Morgan fingerprint density at radius 3 is 3.13 bits per heavy atom. The van der Waals surface area contributed by atoms with Crippen LogP contribution < -0.4 is 0 Å². The standard InChI is InChI=1S/C10H8BrN3S/c11-10-14-13-9(15-10)7-4-3-6-2-1-5-12-8(6)7/h1-2,5,7H,3-4H2. The number of nitrogens with zero attached hydrogens (tertiary/aromatic N) is 3. The Morgan fingerprint density at radius 2 is 2.33 bits per heavy atom. The molecule has 15 heavy (non-hydrogen) atoms. The molecule has 1 aliphatic rings.